The molecule has 2 amide bonds. The molecule has 0 aliphatic carbocycles. The van der Waals surface area contributed by atoms with Crippen molar-refractivity contribution >= 4 is 17.6 Å². The van der Waals surface area contributed by atoms with Crippen LogP contribution in [0.3, 0.4) is 0 Å². The first-order valence-electron chi connectivity index (χ1n) is 6.68. The summed E-state index contributed by atoms with van der Waals surface area (Å²) in [5.41, 5.74) is 0.185. The van der Waals surface area contributed by atoms with Gasteiger partial charge in [0.05, 0.1) is 6.54 Å². The molecule has 0 saturated carbocycles. The van der Waals surface area contributed by atoms with Gasteiger partial charge in [0.25, 0.3) is 5.91 Å². The molecule has 1 aromatic heterocycles. The number of aromatic nitrogens is 2. The molecule has 7 heteroatoms. The highest BCUT2D eigenvalue weighted by atomic mass is 16.2. The summed E-state index contributed by atoms with van der Waals surface area (Å²) < 4.78 is 0. The second kappa shape index (κ2) is 8.08. The van der Waals surface area contributed by atoms with E-state index in [1.807, 2.05) is 20.8 Å². The van der Waals surface area contributed by atoms with Crippen molar-refractivity contribution in [1.29, 1.82) is 0 Å². The minimum absolute atomic E-state index is 0.0446. The summed E-state index contributed by atoms with van der Waals surface area (Å²) >= 11 is 0. The highest BCUT2D eigenvalue weighted by Crippen LogP contribution is 2.01. The van der Waals surface area contributed by atoms with E-state index in [-0.39, 0.29) is 24.2 Å². The number of hydrogen-bond acceptors (Lipinski definition) is 5. The Morgan fingerprint density at radius 3 is 2.55 bits per heavy atom. The molecule has 0 aliphatic rings. The lowest BCUT2D eigenvalue weighted by molar-refractivity contribution is -0.120. The maximum absolute atomic E-state index is 11.7. The van der Waals surface area contributed by atoms with Gasteiger partial charge in [-0.2, -0.15) is 0 Å². The molecule has 0 spiro atoms. The van der Waals surface area contributed by atoms with E-state index in [1.54, 1.807) is 12.1 Å². The average Bonchev–Trinajstić information content (AvgIpc) is 2.42. The third-order valence-electron chi connectivity index (χ3n) is 2.31. The van der Waals surface area contributed by atoms with E-state index in [9.17, 15) is 9.59 Å². The summed E-state index contributed by atoms with van der Waals surface area (Å²) in [5.74, 6) is -0.0260. The average molecular weight is 279 g/mol. The molecule has 0 aliphatic heterocycles. The highest BCUT2D eigenvalue weighted by Gasteiger charge is 2.10. The first kappa shape index (κ1) is 15.9. The molecule has 20 heavy (non-hydrogen) atoms. The van der Waals surface area contributed by atoms with Gasteiger partial charge >= 0.3 is 0 Å². The summed E-state index contributed by atoms with van der Waals surface area (Å²) in [6.45, 7) is 6.48. The fourth-order valence-corrected chi connectivity index (χ4v) is 1.42. The third-order valence-corrected chi connectivity index (χ3v) is 2.31. The molecule has 0 radical (unpaired) electrons. The van der Waals surface area contributed by atoms with Crippen LogP contribution in [0, 0.1) is 0 Å². The van der Waals surface area contributed by atoms with Gasteiger partial charge in [0.15, 0.2) is 5.69 Å². The van der Waals surface area contributed by atoms with Crippen molar-refractivity contribution in [3.05, 3.63) is 17.8 Å². The number of rotatable bonds is 7. The first-order chi connectivity index (χ1) is 9.52. The fraction of sp³-hybridized carbons (Fsp3) is 0.538. The molecular formula is C13H21N5O2. The summed E-state index contributed by atoms with van der Waals surface area (Å²) in [4.78, 5) is 23.1. The lowest BCUT2D eigenvalue weighted by Gasteiger charge is -2.09. The SMILES string of the molecule is CCCNc1ccc(C(=O)NCC(=O)NC(C)C)nn1. The van der Waals surface area contributed by atoms with Gasteiger partial charge < -0.3 is 16.0 Å². The predicted molar refractivity (Wildman–Crippen MR) is 76.4 cm³/mol. The molecular weight excluding hydrogens is 258 g/mol. The second-order valence-electron chi connectivity index (χ2n) is 4.64. The lowest BCUT2D eigenvalue weighted by atomic mass is 10.3. The van der Waals surface area contributed by atoms with Gasteiger partial charge in [-0.1, -0.05) is 6.92 Å². The van der Waals surface area contributed by atoms with E-state index in [2.05, 4.69) is 26.1 Å². The third kappa shape index (κ3) is 5.64. The molecule has 0 unspecified atom stereocenters. The van der Waals surface area contributed by atoms with Crippen LogP contribution < -0.4 is 16.0 Å². The second-order valence-corrected chi connectivity index (χ2v) is 4.64. The molecule has 1 heterocycles. The Morgan fingerprint density at radius 1 is 1.25 bits per heavy atom. The Labute approximate surface area is 118 Å². The van der Waals surface area contributed by atoms with Gasteiger partial charge in [-0.15, -0.1) is 10.2 Å². The van der Waals surface area contributed by atoms with Gasteiger partial charge in [-0.25, -0.2) is 0 Å². The Balaban J connectivity index is 2.45. The summed E-state index contributed by atoms with van der Waals surface area (Å²) in [7, 11) is 0. The molecule has 7 nitrogen and oxygen atoms in total. The lowest BCUT2D eigenvalue weighted by Crippen LogP contribution is -2.40. The van der Waals surface area contributed by atoms with Crippen LogP contribution in [0.1, 0.15) is 37.7 Å². The fourth-order valence-electron chi connectivity index (χ4n) is 1.42. The van der Waals surface area contributed by atoms with E-state index in [0.717, 1.165) is 13.0 Å². The highest BCUT2D eigenvalue weighted by molar-refractivity contribution is 5.94. The molecule has 1 aromatic rings. The van der Waals surface area contributed by atoms with Crippen LogP contribution in [0.25, 0.3) is 0 Å². The maximum atomic E-state index is 11.7. The van der Waals surface area contributed by atoms with Gasteiger partial charge in [0.1, 0.15) is 5.82 Å². The molecule has 3 N–H and O–H groups in total. The molecule has 110 valence electrons. The van der Waals surface area contributed by atoms with Crippen LogP contribution in [0.15, 0.2) is 12.1 Å². The van der Waals surface area contributed by atoms with Crippen molar-refractivity contribution in [2.75, 3.05) is 18.4 Å². The number of hydrogen-bond donors (Lipinski definition) is 3. The van der Waals surface area contributed by atoms with Gasteiger partial charge in [-0.3, -0.25) is 9.59 Å². The van der Waals surface area contributed by atoms with Crippen molar-refractivity contribution in [2.45, 2.75) is 33.2 Å². The summed E-state index contributed by atoms with van der Waals surface area (Å²) in [6, 6.07) is 3.30. The number of nitrogens with zero attached hydrogens (tertiary/aromatic N) is 2. The number of carbonyl (C=O) groups is 2. The largest absolute Gasteiger partial charge is 0.369 e. The minimum Gasteiger partial charge on any atom is -0.369 e. The molecule has 0 atom stereocenters. The standard InChI is InChI=1S/C13H21N5O2/c1-4-7-14-11-6-5-10(17-18-11)13(20)15-8-12(19)16-9(2)3/h5-6,9H,4,7-8H2,1-3H3,(H,14,18)(H,15,20)(H,16,19). The quantitative estimate of drug-likeness (QED) is 0.677. The normalized spacial score (nSPS) is 10.2. The summed E-state index contributed by atoms with van der Waals surface area (Å²) in [6.07, 6.45) is 0.981. The van der Waals surface area contributed by atoms with Crippen molar-refractivity contribution in [3.63, 3.8) is 0 Å². The zero-order valence-electron chi connectivity index (χ0n) is 12.1. The Morgan fingerprint density at radius 2 is 2.00 bits per heavy atom. The van der Waals surface area contributed by atoms with E-state index in [4.69, 9.17) is 0 Å². The molecule has 0 aromatic carbocycles. The number of anilines is 1. The monoisotopic (exact) mass is 279 g/mol. The van der Waals surface area contributed by atoms with Crippen LogP contribution in [0.2, 0.25) is 0 Å². The number of nitrogens with one attached hydrogen (secondary N) is 3. The van der Waals surface area contributed by atoms with Crippen LogP contribution in [-0.4, -0.2) is 41.1 Å². The van der Waals surface area contributed by atoms with Gasteiger partial charge in [-0.05, 0) is 32.4 Å². The van der Waals surface area contributed by atoms with Crippen molar-refractivity contribution in [2.24, 2.45) is 0 Å². The topological polar surface area (TPSA) is 96.0 Å². The zero-order chi connectivity index (χ0) is 15.0. The minimum atomic E-state index is -0.418. The van der Waals surface area contributed by atoms with Crippen molar-refractivity contribution < 1.29 is 9.59 Å². The zero-order valence-corrected chi connectivity index (χ0v) is 12.1. The maximum Gasteiger partial charge on any atom is 0.272 e. The van der Waals surface area contributed by atoms with Crippen molar-refractivity contribution in [1.82, 2.24) is 20.8 Å². The van der Waals surface area contributed by atoms with E-state index in [1.165, 1.54) is 0 Å². The van der Waals surface area contributed by atoms with E-state index < -0.39 is 5.91 Å². The van der Waals surface area contributed by atoms with Crippen LogP contribution in [0.4, 0.5) is 5.82 Å². The first-order valence-corrected chi connectivity index (χ1v) is 6.68. The molecule has 0 fully saturated rings. The Hall–Kier alpha value is -2.18. The van der Waals surface area contributed by atoms with Crippen LogP contribution in [0.5, 0.6) is 0 Å². The Bertz CT molecular complexity index is 445. The van der Waals surface area contributed by atoms with Gasteiger partial charge in [0.2, 0.25) is 5.91 Å². The van der Waals surface area contributed by atoms with Crippen molar-refractivity contribution in [3.8, 4) is 0 Å². The summed E-state index contributed by atoms with van der Waals surface area (Å²) in [5, 5.41) is 15.9. The molecule has 0 saturated heterocycles. The molecule has 1 rings (SSSR count). The predicted octanol–water partition coefficient (Wildman–Crippen LogP) is 0.553. The van der Waals surface area contributed by atoms with E-state index in [0.29, 0.717) is 5.82 Å². The van der Waals surface area contributed by atoms with E-state index >= 15 is 0 Å². The Kier molecular flexibility index (Phi) is 6.42. The number of amides is 2. The van der Waals surface area contributed by atoms with Crippen LogP contribution >= 0.6 is 0 Å². The molecule has 0 bridgehead atoms. The van der Waals surface area contributed by atoms with Gasteiger partial charge in [0, 0.05) is 12.6 Å². The smallest absolute Gasteiger partial charge is 0.272 e. The van der Waals surface area contributed by atoms with Crippen LogP contribution in [-0.2, 0) is 4.79 Å². The number of carbonyl (C=O) groups excluding carboxylic acids is 2.